The van der Waals surface area contributed by atoms with Gasteiger partial charge in [-0.2, -0.15) is 0 Å². The number of hydrogen-bond acceptors (Lipinski definition) is 29. The van der Waals surface area contributed by atoms with Crippen LogP contribution in [0.15, 0.2) is 0 Å². The van der Waals surface area contributed by atoms with E-state index in [-0.39, 0.29) is 12.8 Å². The molecule has 6 fully saturated rings. The molecule has 31 heteroatoms. The zero-order valence-electron chi connectivity index (χ0n) is 40.0. The summed E-state index contributed by atoms with van der Waals surface area (Å²) in [5.41, 5.74) is 0. The molecule has 2 amide bonds. The fourth-order valence-electron chi connectivity index (χ4n) is 9.69. The van der Waals surface area contributed by atoms with Crippen molar-refractivity contribution in [1.82, 2.24) is 10.6 Å². The average molecular weight is 1070 g/mol. The summed E-state index contributed by atoms with van der Waals surface area (Å²) in [6, 6.07) is -3.34. The van der Waals surface area contributed by atoms with Crippen LogP contribution in [0.25, 0.3) is 0 Å². The lowest BCUT2D eigenvalue weighted by molar-refractivity contribution is -0.385. The van der Waals surface area contributed by atoms with E-state index in [1.54, 1.807) is 13.8 Å². The third-order valence-electron chi connectivity index (χ3n) is 13.7. The van der Waals surface area contributed by atoms with Crippen LogP contribution >= 0.6 is 0 Å². The Kier molecular flexibility index (Phi) is 21.4. The van der Waals surface area contributed by atoms with Crippen LogP contribution in [-0.2, 0) is 61.7 Å². The van der Waals surface area contributed by atoms with Crippen LogP contribution in [0, 0.1) is 0 Å². The first-order valence-corrected chi connectivity index (χ1v) is 23.9. The second-order valence-electron chi connectivity index (χ2n) is 18.7. The van der Waals surface area contributed by atoms with Gasteiger partial charge in [0.1, 0.15) is 134 Å². The Labute approximate surface area is 416 Å². The third kappa shape index (κ3) is 12.9. The molecule has 0 saturated carbocycles. The van der Waals surface area contributed by atoms with Crippen molar-refractivity contribution < 1.29 is 143 Å². The number of hydrogen-bond donors (Lipinski definition) is 18. The molecule has 6 aliphatic rings. The Morgan fingerprint density at radius 3 is 1.21 bits per heavy atom. The number of ether oxygens (including phenoxy) is 11. The lowest BCUT2D eigenvalue weighted by Crippen LogP contribution is -2.70. The van der Waals surface area contributed by atoms with Crippen LogP contribution in [-0.4, -0.2) is 304 Å². The predicted molar refractivity (Wildman–Crippen MR) is 229 cm³/mol. The molecule has 73 heavy (non-hydrogen) atoms. The van der Waals surface area contributed by atoms with Gasteiger partial charge in [0.15, 0.2) is 37.7 Å². The second kappa shape index (κ2) is 26.0. The molecule has 6 aliphatic heterocycles. The Morgan fingerprint density at radius 2 is 0.712 bits per heavy atom. The number of amides is 2. The Morgan fingerprint density at radius 1 is 0.356 bits per heavy atom. The molecule has 0 radical (unpaired) electrons. The molecule has 0 aromatic carbocycles. The minimum absolute atomic E-state index is 0.00947. The lowest BCUT2D eigenvalue weighted by Gasteiger charge is -2.51. The number of carbonyl (C=O) groups is 2. The fraction of sp³-hybridized carbons (Fsp3) is 0.952. The Balaban J connectivity index is 1.23. The smallest absolute Gasteiger partial charge is 0.217 e. The third-order valence-corrected chi connectivity index (χ3v) is 13.7. The summed E-state index contributed by atoms with van der Waals surface area (Å²) < 4.78 is 63.8. The molecule has 0 aliphatic carbocycles. The molecule has 31 nitrogen and oxygen atoms in total. The quantitative estimate of drug-likeness (QED) is 0.0606. The van der Waals surface area contributed by atoms with E-state index in [2.05, 4.69) is 10.6 Å². The molecule has 6 heterocycles. The van der Waals surface area contributed by atoms with Crippen LogP contribution in [0.4, 0.5) is 0 Å². The van der Waals surface area contributed by atoms with Gasteiger partial charge in [0, 0.05) is 13.8 Å². The summed E-state index contributed by atoms with van der Waals surface area (Å²) in [6.45, 7) is 1.54. The monoisotopic (exact) mass is 1070 g/mol. The molecule has 6 rings (SSSR count). The van der Waals surface area contributed by atoms with Gasteiger partial charge < -0.3 is 144 Å². The normalized spacial score (nSPS) is 49.8. The molecule has 424 valence electrons. The van der Waals surface area contributed by atoms with Crippen molar-refractivity contribution >= 4 is 11.8 Å². The molecule has 18 N–H and O–H groups in total. The zero-order valence-corrected chi connectivity index (χ0v) is 40.0. The number of rotatable bonds is 18. The van der Waals surface area contributed by atoms with E-state index < -0.39 is 222 Å². The summed E-state index contributed by atoms with van der Waals surface area (Å²) in [4.78, 5) is 25.3. The van der Waals surface area contributed by atoms with Gasteiger partial charge in [-0.05, 0) is 12.8 Å². The van der Waals surface area contributed by atoms with Crippen LogP contribution in [0.2, 0.25) is 0 Å². The highest BCUT2D eigenvalue weighted by Crippen LogP contribution is 2.37. The Hall–Kier alpha value is -2.14. The van der Waals surface area contributed by atoms with Crippen LogP contribution in [0.5, 0.6) is 0 Å². The van der Waals surface area contributed by atoms with E-state index in [0.717, 1.165) is 13.8 Å². The number of aliphatic hydroxyl groups excluding tert-OH is 16. The fourth-order valence-corrected chi connectivity index (χ4v) is 9.69. The summed E-state index contributed by atoms with van der Waals surface area (Å²) in [7, 11) is 0. The van der Waals surface area contributed by atoms with E-state index >= 15 is 0 Å². The van der Waals surface area contributed by atoms with E-state index in [0.29, 0.717) is 0 Å². The van der Waals surface area contributed by atoms with Crippen molar-refractivity contribution in [3.05, 3.63) is 0 Å². The molecule has 30 atom stereocenters. The number of nitrogens with one attached hydrogen (secondary N) is 2. The maximum absolute atomic E-state index is 12.6. The molecule has 0 bridgehead atoms. The summed E-state index contributed by atoms with van der Waals surface area (Å²) in [5, 5.41) is 178. The van der Waals surface area contributed by atoms with Crippen molar-refractivity contribution in [2.24, 2.45) is 0 Å². The first-order chi connectivity index (χ1) is 34.5. The topological polar surface area (TPSA) is 483 Å². The van der Waals surface area contributed by atoms with Crippen molar-refractivity contribution in [3.63, 3.8) is 0 Å². The van der Waals surface area contributed by atoms with Gasteiger partial charge in [-0.25, -0.2) is 0 Å². The standard InChI is InChI=1S/C42H72N2O29/c1-5-13-21(51)26(56)29(59)40(64-13)71-34-20(44-12(4)50)39(66-15(7-45)23(34)53)73-35-22(52)14(6-2)65-41(30(35)60)69-32-18(10-48)68-38(19(25(32)55)43-11(3)49)72-36-24(54)16(8-46)67-42(31(36)61)70-33-17(9-47)63-37(62)28(58)27(33)57/h13-42,45-48,51-62H,5-10H2,1-4H3,(H,43,49)(H,44,50)/t13-,14-,15-,16-,17-,18-,19-,20-,21+,22+,23-,24+,25-,26+,27-,28-,29-,30-,31-,32-,33-,34-,35+,36+,37?,38+,39+,40+,41+,42+/m1/s1. The van der Waals surface area contributed by atoms with Gasteiger partial charge in [-0.3, -0.25) is 9.59 Å². The van der Waals surface area contributed by atoms with Gasteiger partial charge in [0.25, 0.3) is 0 Å². The lowest BCUT2D eigenvalue weighted by atomic mass is 9.93. The number of carbonyl (C=O) groups excluding carboxylic acids is 2. The predicted octanol–water partition coefficient (Wildman–Crippen LogP) is -11.0. The second-order valence-corrected chi connectivity index (χ2v) is 18.7. The number of aliphatic hydroxyl groups is 16. The van der Waals surface area contributed by atoms with Crippen LogP contribution < -0.4 is 10.6 Å². The average Bonchev–Trinajstić information content (AvgIpc) is 3.35. The molecule has 0 spiro atoms. The van der Waals surface area contributed by atoms with Crippen molar-refractivity contribution in [2.75, 3.05) is 26.4 Å². The zero-order chi connectivity index (χ0) is 53.9. The van der Waals surface area contributed by atoms with Crippen molar-refractivity contribution in [1.29, 1.82) is 0 Å². The van der Waals surface area contributed by atoms with Gasteiger partial charge in [0.2, 0.25) is 11.8 Å². The van der Waals surface area contributed by atoms with Gasteiger partial charge in [0.05, 0.1) is 38.6 Å². The molecule has 6 saturated heterocycles. The van der Waals surface area contributed by atoms with Crippen LogP contribution in [0.3, 0.4) is 0 Å². The van der Waals surface area contributed by atoms with E-state index in [9.17, 15) is 91.3 Å². The van der Waals surface area contributed by atoms with Gasteiger partial charge >= 0.3 is 0 Å². The molecular weight excluding hydrogens is 996 g/mol. The summed E-state index contributed by atoms with van der Waals surface area (Å²) >= 11 is 0. The minimum Gasteiger partial charge on any atom is -0.394 e. The van der Waals surface area contributed by atoms with Crippen molar-refractivity contribution in [3.8, 4) is 0 Å². The van der Waals surface area contributed by atoms with E-state index in [1.807, 2.05) is 0 Å². The molecule has 0 aromatic heterocycles. The minimum atomic E-state index is -2.10. The van der Waals surface area contributed by atoms with E-state index in [4.69, 9.17) is 52.1 Å². The molecule has 1 unspecified atom stereocenters. The highest BCUT2D eigenvalue weighted by atomic mass is 16.8. The maximum Gasteiger partial charge on any atom is 0.217 e. The first-order valence-electron chi connectivity index (χ1n) is 23.9. The largest absolute Gasteiger partial charge is 0.394 e. The van der Waals surface area contributed by atoms with E-state index in [1.165, 1.54) is 0 Å². The molecular formula is C42H72N2O29. The summed E-state index contributed by atoms with van der Waals surface area (Å²) in [6.07, 6.45) is -49.6. The summed E-state index contributed by atoms with van der Waals surface area (Å²) in [5.74, 6) is -1.58. The highest BCUT2D eigenvalue weighted by molar-refractivity contribution is 5.73. The van der Waals surface area contributed by atoms with Crippen molar-refractivity contribution in [2.45, 2.75) is 225 Å². The maximum atomic E-state index is 12.6. The van der Waals surface area contributed by atoms with Gasteiger partial charge in [-0.15, -0.1) is 0 Å². The molecule has 0 aromatic rings. The first kappa shape index (κ1) is 60.1. The Bertz CT molecular complexity index is 1740. The SMILES string of the molecule is CC[C@H]1O[C@@H](O[C@H]2[C@H](O)[C@@H](CO)O[C@@H](O[C@H]3[C@@H](O)[C@@H](CC)O[C@@H](O[C@H]4[C@H](O)[C@@H](NC(C)=O)[C@H](O[C@H]5[C@@H](O)[C@@H](CO)O[C@@H](O[C@H]6[C@H](O)[C@@H](O)C(O)O[C@@H]6CO)[C@@H]5O)O[C@@H]4CO)[C@@H]3O)[C@@H]2NC(C)=O)[C@H](O)[C@@H](O)[C@H]1O. The van der Waals surface area contributed by atoms with Gasteiger partial charge in [-0.1, -0.05) is 13.8 Å². The highest BCUT2D eigenvalue weighted by Gasteiger charge is 2.58. The van der Waals surface area contributed by atoms with Crippen LogP contribution in [0.1, 0.15) is 40.5 Å².